The molecular weight excluding hydrogens is 192 g/mol. The lowest BCUT2D eigenvalue weighted by atomic mass is 10.0. The summed E-state index contributed by atoms with van der Waals surface area (Å²) in [5.41, 5.74) is 5.38. The molecule has 0 aromatic heterocycles. The molecule has 90 valence electrons. The van der Waals surface area contributed by atoms with Crippen LogP contribution in [0.3, 0.4) is 0 Å². The van der Waals surface area contributed by atoms with Crippen molar-refractivity contribution in [3.63, 3.8) is 0 Å². The zero-order valence-electron chi connectivity index (χ0n) is 9.91. The van der Waals surface area contributed by atoms with Crippen molar-refractivity contribution in [3.8, 4) is 0 Å². The van der Waals surface area contributed by atoms with E-state index in [-0.39, 0.29) is 6.61 Å². The molecule has 1 heterocycles. The van der Waals surface area contributed by atoms with Gasteiger partial charge >= 0.3 is 0 Å². The zero-order chi connectivity index (χ0) is 11.3. The monoisotopic (exact) mass is 216 g/mol. The second kappa shape index (κ2) is 5.80. The van der Waals surface area contributed by atoms with Crippen LogP contribution in [-0.4, -0.2) is 55.0 Å². The third-order valence-corrected chi connectivity index (χ3v) is 2.78. The van der Waals surface area contributed by atoms with Gasteiger partial charge in [-0.05, 0) is 33.2 Å². The van der Waals surface area contributed by atoms with E-state index < -0.39 is 5.54 Å². The smallest absolute Gasteiger partial charge is 0.0701 e. The Bertz CT molecular complexity index is 179. The molecule has 4 nitrogen and oxygen atoms in total. The SMILES string of the molecule is CN(CC1CCCCO1)CC(C)(N)CO. The summed E-state index contributed by atoms with van der Waals surface area (Å²) in [7, 11) is 2.03. The normalized spacial score (nSPS) is 26.6. The fraction of sp³-hybridized carbons (Fsp3) is 1.00. The van der Waals surface area contributed by atoms with E-state index in [1.54, 1.807) is 0 Å². The number of hydrogen-bond acceptors (Lipinski definition) is 4. The highest BCUT2D eigenvalue weighted by Gasteiger charge is 2.22. The Hall–Kier alpha value is -0.160. The average molecular weight is 216 g/mol. The van der Waals surface area contributed by atoms with Gasteiger partial charge in [0.1, 0.15) is 0 Å². The Balaban J connectivity index is 2.25. The fourth-order valence-corrected chi connectivity index (χ4v) is 2.03. The van der Waals surface area contributed by atoms with Crippen LogP contribution in [0.2, 0.25) is 0 Å². The minimum atomic E-state index is -0.510. The van der Waals surface area contributed by atoms with Crippen molar-refractivity contribution in [2.75, 3.05) is 33.4 Å². The molecule has 0 amide bonds. The Morgan fingerprint density at radius 2 is 2.27 bits per heavy atom. The van der Waals surface area contributed by atoms with E-state index in [4.69, 9.17) is 15.6 Å². The van der Waals surface area contributed by atoms with E-state index in [9.17, 15) is 0 Å². The highest BCUT2D eigenvalue weighted by Crippen LogP contribution is 2.14. The van der Waals surface area contributed by atoms with Crippen LogP contribution in [-0.2, 0) is 4.74 Å². The minimum absolute atomic E-state index is 0.0167. The van der Waals surface area contributed by atoms with E-state index in [0.29, 0.717) is 12.6 Å². The lowest BCUT2D eigenvalue weighted by Gasteiger charge is -2.32. The van der Waals surface area contributed by atoms with Gasteiger partial charge in [-0.3, -0.25) is 0 Å². The van der Waals surface area contributed by atoms with Gasteiger partial charge in [-0.2, -0.15) is 0 Å². The quantitative estimate of drug-likeness (QED) is 0.689. The van der Waals surface area contributed by atoms with Gasteiger partial charge in [-0.1, -0.05) is 0 Å². The summed E-state index contributed by atoms with van der Waals surface area (Å²) in [6, 6.07) is 0. The first-order valence-corrected chi connectivity index (χ1v) is 5.73. The van der Waals surface area contributed by atoms with Crippen LogP contribution < -0.4 is 5.73 Å². The van der Waals surface area contributed by atoms with Crippen LogP contribution in [0.5, 0.6) is 0 Å². The van der Waals surface area contributed by atoms with Crippen LogP contribution in [0.4, 0.5) is 0 Å². The average Bonchev–Trinajstić information content (AvgIpc) is 2.18. The number of ether oxygens (including phenoxy) is 1. The van der Waals surface area contributed by atoms with E-state index in [0.717, 1.165) is 19.6 Å². The second-order valence-corrected chi connectivity index (χ2v) is 5.00. The van der Waals surface area contributed by atoms with Gasteiger partial charge in [0.05, 0.1) is 12.7 Å². The van der Waals surface area contributed by atoms with E-state index in [2.05, 4.69) is 4.90 Å². The highest BCUT2D eigenvalue weighted by molar-refractivity contribution is 4.81. The van der Waals surface area contributed by atoms with Crippen molar-refractivity contribution < 1.29 is 9.84 Å². The summed E-state index contributed by atoms with van der Waals surface area (Å²) in [6.45, 7) is 4.38. The van der Waals surface area contributed by atoms with Crippen LogP contribution >= 0.6 is 0 Å². The van der Waals surface area contributed by atoms with Crippen LogP contribution in [0.25, 0.3) is 0 Å². The van der Waals surface area contributed by atoms with Gasteiger partial charge in [0, 0.05) is 25.2 Å². The van der Waals surface area contributed by atoms with Gasteiger partial charge in [-0.15, -0.1) is 0 Å². The van der Waals surface area contributed by atoms with Gasteiger partial charge in [0.2, 0.25) is 0 Å². The van der Waals surface area contributed by atoms with E-state index in [1.807, 2.05) is 14.0 Å². The van der Waals surface area contributed by atoms with Gasteiger partial charge in [0.15, 0.2) is 0 Å². The second-order valence-electron chi connectivity index (χ2n) is 5.00. The number of likely N-dealkylation sites (N-methyl/N-ethyl adjacent to an activating group) is 1. The first-order chi connectivity index (χ1) is 7.03. The molecule has 1 fully saturated rings. The van der Waals surface area contributed by atoms with Gasteiger partial charge in [-0.25, -0.2) is 0 Å². The van der Waals surface area contributed by atoms with Crippen molar-refractivity contribution >= 4 is 0 Å². The molecule has 1 aliphatic heterocycles. The lowest BCUT2D eigenvalue weighted by molar-refractivity contribution is -0.00543. The Morgan fingerprint density at radius 3 is 2.80 bits per heavy atom. The zero-order valence-corrected chi connectivity index (χ0v) is 9.91. The van der Waals surface area contributed by atoms with Crippen molar-refractivity contribution in [3.05, 3.63) is 0 Å². The summed E-state index contributed by atoms with van der Waals surface area (Å²) in [4.78, 5) is 2.15. The van der Waals surface area contributed by atoms with Crippen LogP contribution in [0.15, 0.2) is 0 Å². The van der Waals surface area contributed by atoms with Crippen LogP contribution in [0, 0.1) is 0 Å². The standard InChI is InChI=1S/C11H24N2O2/c1-11(12,9-14)8-13(2)7-10-5-3-4-6-15-10/h10,14H,3-9,12H2,1-2H3. The topological polar surface area (TPSA) is 58.7 Å². The molecule has 0 aromatic rings. The third-order valence-electron chi connectivity index (χ3n) is 2.78. The molecule has 0 spiro atoms. The molecule has 15 heavy (non-hydrogen) atoms. The third kappa shape index (κ3) is 4.93. The fourth-order valence-electron chi connectivity index (χ4n) is 2.03. The summed E-state index contributed by atoms with van der Waals surface area (Å²) in [6.07, 6.45) is 3.94. The summed E-state index contributed by atoms with van der Waals surface area (Å²) >= 11 is 0. The van der Waals surface area contributed by atoms with Crippen molar-refractivity contribution in [1.82, 2.24) is 4.90 Å². The molecule has 4 heteroatoms. The predicted molar refractivity (Wildman–Crippen MR) is 60.8 cm³/mol. The Morgan fingerprint density at radius 1 is 1.53 bits per heavy atom. The maximum Gasteiger partial charge on any atom is 0.0701 e. The number of hydrogen-bond donors (Lipinski definition) is 2. The molecule has 3 N–H and O–H groups in total. The van der Waals surface area contributed by atoms with E-state index >= 15 is 0 Å². The Labute approximate surface area is 92.4 Å². The first-order valence-electron chi connectivity index (χ1n) is 5.73. The molecule has 2 unspecified atom stereocenters. The number of rotatable bonds is 5. The maximum atomic E-state index is 9.07. The van der Waals surface area contributed by atoms with Gasteiger partial charge in [0.25, 0.3) is 0 Å². The van der Waals surface area contributed by atoms with Crippen molar-refractivity contribution in [2.24, 2.45) is 5.73 Å². The molecule has 2 atom stereocenters. The Kier molecular flexibility index (Phi) is 4.99. The first kappa shape index (κ1) is 12.9. The highest BCUT2D eigenvalue weighted by atomic mass is 16.5. The molecular formula is C11H24N2O2. The number of nitrogens with two attached hydrogens (primary N) is 1. The summed E-state index contributed by atoms with van der Waals surface area (Å²) in [5, 5.41) is 9.07. The predicted octanol–water partition coefficient (Wildman–Crippen LogP) is 0.197. The molecule has 0 aromatic carbocycles. The molecule has 1 rings (SSSR count). The minimum Gasteiger partial charge on any atom is -0.394 e. The lowest BCUT2D eigenvalue weighted by Crippen LogP contribution is -2.51. The van der Waals surface area contributed by atoms with Crippen LogP contribution in [0.1, 0.15) is 26.2 Å². The molecule has 0 bridgehead atoms. The van der Waals surface area contributed by atoms with Crippen molar-refractivity contribution in [1.29, 1.82) is 0 Å². The molecule has 0 saturated carbocycles. The molecule has 0 radical (unpaired) electrons. The largest absolute Gasteiger partial charge is 0.394 e. The van der Waals surface area contributed by atoms with Crippen molar-refractivity contribution in [2.45, 2.75) is 37.8 Å². The molecule has 0 aliphatic carbocycles. The summed E-state index contributed by atoms with van der Waals surface area (Å²) < 4.78 is 5.65. The summed E-state index contributed by atoms with van der Waals surface area (Å²) in [5.74, 6) is 0. The number of aliphatic hydroxyl groups is 1. The maximum absolute atomic E-state index is 9.07. The number of nitrogens with zero attached hydrogens (tertiary/aromatic N) is 1. The number of aliphatic hydroxyl groups excluding tert-OH is 1. The van der Waals surface area contributed by atoms with Gasteiger partial charge < -0.3 is 20.5 Å². The van der Waals surface area contributed by atoms with E-state index in [1.165, 1.54) is 12.8 Å². The molecule has 1 aliphatic rings. The molecule has 1 saturated heterocycles.